The minimum atomic E-state index is -0.704. The molecule has 0 aliphatic carbocycles. The normalized spacial score (nSPS) is 10.3. The van der Waals surface area contributed by atoms with Crippen molar-refractivity contribution < 1.29 is 13.6 Å². The van der Waals surface area contributed by atoms with Crippen molar-refractivity contribution in [3.63, 3.8) is 0 Å². The molecule has 2 aromatic rings. The Labute approximate surface area is 114 Å². The van der Waals surface area contributed by atoms with Gasteiger partial charge in [-0.1, -0.05) is 17.7 Å². The van der Waals surface area contributed by atoms with Crippen LogP contribution in [0.15, 0.2) is 36.4 Å². The molecule has 0 aliphatic rings. The van der Waals surface area contributed by atoms with Gasteiger partial charge in [-0.2, -0.15) is 0 Å². The number of hydrogen-bond donors (Lipinski definition) is 1. The molecule has 0 aromatic heterocycles. The fraction of sp³-hybridized carbons (Fsp3) is 0.0714. The summed E-state index contributed by atoms with van der Waals surface area (Å²) in [6.45, 7) is 1.64. The fourth-order valence-corrected chi connectivity index (χ4v) is 1.92. The van der Waals surface area contributed by atoms with Crippen molar-refractivity contribution in [1.82, 2.24) is 0 Å². The average molecular weight is 282 g/mol. The highest BCUT2D eigenvalue weighted by atomic mass is 35.5. The van der Waals surface area contributed by atoms with Gasteiger partial charge in [0, 0.05) is 5.69 Å². The van der Waals surface area contributed by atoms with E-state index in [9.17, 15) is 13.6 Å². The number of rotatable bonds is 2. The van der Waals surface area contributed by atoms with Crippen LogP contribution in [0.25, 0.3) is 0 Å². The number of benzene rings is 2. The molecule has 1 N–H and O–H groups in total. The molecule has 2 nitrogen and oxygen atoms in total. The number of hydrogen-bond acceptors (Lipinski definition) is 1. The van der Waals surface area contributed by atoms with Crippen LogP contribution < -0.4 is 5.32 Å². The van der Waals surface area contributed by atoms with Crippen LogP contribution in [0.3, 0.4) is 0 Å². The van der Waals surface area contributed by atoms with E-state index in [1.165, 1.54) is 30.3 Å². The summed E-state index contributed by atoms with van der Waals surface area (Å²) in [7, 11) is 0. The summed E-state index contributed by atoms with van der Waals surface area (Å²) in [5.41, 5.74) is 0.722. The van der Waals surface area contributed by atoms with Crippen molar-refractivity contribution in [2.45, 2.75) is 6.92 Å². The lowest BCUT2D eigenvalue weighted by Crippen LogP contribution is -2.15. The highest BCUT2D eigenvalue weighted by Crippen LogP contribution is 2.22. The lowest BCUT2D eigenvalue weighted by Gasteiger charge is -2.10. The first kappa shape index (κ1) is 13.5. The predicted molar refractivity (Wildman–Crippen MR) is 70.5 cm³/mol. The Morgan fingerprint density at radius 2 is 1.95 bits per heavy atom. The molecule has 2 rings (SSSR count). The van der Waals surface area contributed by atoms with E-state index in [4.69, 9.17) is 11.6 Å². The second kappa shape index (κ2) is 5.36. The first-order valence-electron chi connectivity index (χ1n) is 5.50. The van der Waals surface area contributed by atoms with E-state index in [1.54, 1.807) is 6.92 Å². The molecule has 0 saturated heterocycles. The first-order valence-corrected chi connectivity index (χ1v) is 5.88. The molecular weight excluding hydrogens is 272 g/mol. The fourth-order valence-electron chi connectivity index (χ4n) is 1.67. The molecule has 0 spiro atoms. The third kappa shape index (κ3) is 2.90. The standard InChI is InChI=1S/C14H10ClF2NO/c1-8-7-9(16)5-6-12(8)18-14(19)13-10(15)3-2-4-11(13)17/h2-7H,1H3,(H,18,19). The van der Waals surface area contributed by atoms with Crippen LogP contribution in [0.1, 0.15) is 15.9 Å². The van der Waals surface area contributed by atoms with Crippen LogP contribution in [0.2, 0.25) is 5.02 Å². The third-order valence-electron chi connectivity index (χ3n) is 2.63. The van der Waals surface area contributed by atoms with Crippen LogP contribution >= 0.6 is 11.6 Å². The maximum Gasteiger partial charge on any atom is 0.260 e. The van der Waals surface area contributed by atoms with Crippen molar-refractivity contribution in [1.29, 1.82) is 0 Å². The van der Waals surface area contributed by atoms with Crippen molar-refractivity contribution in [2.75, 3.05) is 5.32 Å². The Morgan fingerprint density at radius 1 is 1.21 bits per heavy atom. The molecule has 5 heteroatoms. The Kier molecular flexibility index (Phi) is 3.81. The minimum Gasteiger partial charge on any atom is -0.322 e. The molecule has 1 amide bonds. The number of anilines is 1. The molecule has 0 unspecified atom stereocenters. The highest BCUT2D eigenvalue weighted by Gasteiger charge is 2.16. The summed E-state index contributed by atoms with van der Waals surface area (Å²) in [4.78, 5) is 12.0. The van der Waals surface area contributed by atoms with Gasteiger partial charge in [0.05, 0.1) is 10.6 Å². The van der Waals surface area contributed by atoms with Gasteiger partial charge in [0.1, 0.15) is 11.6 Å². The van der Waals surface area contributed by atoms with Crippen LogP contribution in [0.5, 0.6) is 0 Å². The Morgan fingerprint density at radius 3 is 2.58 bits per heavy atom. The van der Waals surface area contributed by atoms with Crippen LogP contribution in [-0.4, -0.2) is 5.91 Å². The predicted octanol–water partition coefficient (Wildman–Crippen LogP) is 4.18. The maximum absolute atomic E-state index is 13.6. The summed E-state index contributed by atoms with van der Waals surface area (Å²) in [6.07, 6.45) is 0. The van der Waals surface area contributed by atoms with Crippen molar-refractivity contribution in [3.8, 4) is 0 Å². The lowest BCUT2D eigenvalue weighted by molar-refractivity contribution is 0.102. The molecule has 19 heavy (non-hydrogen) atoms. The molecule has 0 saturated carbocycles. The number of carbonyl (C=O) groups excluding carboxylic acids is 1. The van der Waals surface area contributed by atoms with Crippen molar-refractivity contribution >= 4 is 23.2 Å². The summed E-state index contributed by atoms with van der Waals surface area (Å²) in [5, 5.41) is 2.53. The monoisotopic (exact) mass is 281 g/mol. The number of aryl methyl sites for hydroxylation is 1. The quantitative estimate of drug-likeness (QED) is 0.879. The first-order chi connectivity index (χ1) is 8.99. The molecule has 0 heterocycles. The van der Waals surface area contributed by atoms with Gasteiger partial charge in [-0.25, -0.2) is 8.78 Å². The van der Waals surface area contributed by atoms with Gasteiger partial charge in [0.25, 0.3) is 5.91 Å². The number of amides is 1. The van der Waals surface area contributed by atoms with E-state index >= 15 is 0 Å². The molecule has 0 aliphatic heterocycles. The van der Waals surface area contributed by atoms with E-state index < -0.39 is 17.5 Å². The number of carbonyl (C=O) groups is 1. The van der Waals surface area contributed by atoms with Gasteiger partial charge in [-0.3, -0.25) is 4.79 Å². The van der Waals surface area contributed by atoms with E-state index in [0.29, 0.717) is 11.3 Å². The summed E-state index contributed by atoms with van der Waals surface area (Å²) < 4.78 is 26.5. The number of halogens is 3. The summed E-state index contributed by atoms with van der Waals surface area (Å²) in [5.74, 6) is -1.78. The Bertz CT molecular complexity index is 623. The van der Waals surface area contributed by atoms with Gasteiger partial charge in [0.2, 0.25) is 0 Å². The zero-order valence-corrected chi connectivity index (χ0v) is 10.8. The largest absolute Gasteiger partial charge is 0.322 e. The highest BCUT2D eigenvalue weighted by molar-refractivity contribution is 6.34. The number of nitrogens with one attached hydrogen (secondary N) is 1. The topological polar surface area (TPSA) is 29.1 Å². The maximum atomic E-state index is 13.6. The van der Waals surface area contributed by atoms with Crippen molar-refractivity contribution in [2.24, 2.45) is 0 Å². The second-order valence-electron chi connectivity index (χ2n) is 4.01. The SMILES string of the molecule is Cc1cc(F)ccc1NC(=O)c1c(F)cccc1Cl. The Balaban J connectivity index is 2.31. The lowest BCUT2D eigenvalue weighted by atomic mass is 10.1. The summed E-state index contributed by atoms with van der Waals surface area (Å²) in [6, 6.07) is 7.90. The molecule has 0 fully saturated rings. The average Bonchev–Trinajstić information content (AvgIpc) is 2.32. The zero-order chi connectivity index (χ0) is 14.0. The van der Waals surface area contributed by atoms with Gasteiger partial charge >= 0.3 is 0 Å². The van der Waals surface area contributed by atoms with Crippen molar-refractivity contribution in [3.05, 3.63) is 64.2 Å². The third-order valence-corrected chi connectivity index (χ3v) is 2.94. The van der Waals surface area contributed by atoms with Crippen LogP contribution in [0.4, 0.5) is 14.5 Å². The van der Waals surface area contributed by atoms with Gasteiger partial charge < -0.3 is 5.32 Å². The molecular formula is C14H10ClF2NO. The smallest absolute Gasteiger partial charge is 0.260 e. The molecule has 2 aromatic carbocycles. The van der Waals surface area contributed by atoms with Crippen LogP contribution in [0, 0.1) is 18.6 Å². The molecule has 0 bridgehead atoms. The van der Waals surface area contributed by atoms with E-state index in [-0.39, 0.29) is 10.6 Å². The van der Waals surface area contributed by atoms with E-state index in [2.05, 4.69) is 5.32 Å². The van der Waals surface area contributed by atoms with Gasteiger partial charge in [-0.05, 0) is 42.8 Å². The van der Waals surface area contributed by atoms with E-state index in [1.807, 2.05) is 0 Å². The minimum absolute atomic E-state index is 0.0252. The summed E-state index contributed by atoms with van der Waals surface area (Å²) >= 11 is 5.79. The van der Waals surface area contributed by atoms with Gasteiger partial charge in [0.15, 0.2) is 0 Å². The van der Waals surface area contributed by atoms with Gasteiger partial charge in [-0.15, -0.1) is 0 Å². The zero-order valence-electron chi connectivity index (χ0n) is 10.0. The molecule has 0 atom stereocenters. The van der Waals surface area contributed by atoms with Crippen LogP contribution in [-0.2, 0) is 0 Å². The second-order valence-corrected chi connectivity index (χ2v) is 4.42. The molecule has 98 valence electrons. The Hall–Kier alpha value is -1.94. The van der Waals surface area contributed by atoms with E-state index in [0.717, 1.165) is 6.07 Å². The molecule has 0 radical (unpaired) electrons.